The third-order valence-electron chi connectivity index (χ3n) is 10.3. The van der Waals surface area contributed by atoms with Gasteiger partial charge in [-0.1, -0.05) is 25.5 Å². The van der Waals surface area contributed by atoms with Crippen LogP contribution >= 0.6 is 21.0 Å². The summed E-state index contributed by atoms with van der Waals surface area (Å²) in [4.78, 5) is 12.3. The molecule has 2 aromatic carbocycles. The van der Waals surface area contributed by atoms with Crippen LogP contribution in [0.2, 0.25) is 0 Å². The topological polar surface area (TPSA) is 270 Å². The molecule has 0 saturated heterocycles. The molecule has 0 bridgehead atoms. The van der Waals surface area contributed by atoms with Crippen LogP contribution in [0, 0.1) is 0 Å². The lowest BCUT2D eigenvalue weighted by Gasteiger charge is -2.40. The maximum absolute atomic E-state index is 12.3. The van der Waals surface area contributed by atoms with E-state index in [0.29, 0.717) is 67.2 Å². The third-order valence-corrected chi connectivity index (χ3v) is 17.2. The van der Waals surface area contributed by atoms with E-state index in [-0.39, 0.29) is 41.9 Å². The minimum absolute atomic E-state index is 0.00197. The third kappa shape index (κ3) is 12.2. The molecule has 0 fully saturated rings. The average molecular weight is 1000 g/mol. The summed E-state index contributed by atoms with van der Waals surface area (Å²) in [5, 5.41) is 9.14. The molecule has 0 spiro atoms. The van der Waals surface area contributed by atoms with E-state index in [1.807, 2.05) is 21.0 Å². The number of ether oxygens (including phenoxy) is 1. The first-order chi connectivity index (χ1) is 26.8. The first kappa shape index (κ1) is 47.9. The maximum atomic E-state index is 12.3. The van der Waals surface area contributed by atoms with Crippen molar-refractivity contribution in [2.24, 2.45) is 0 Å². The van der Waals surface area contributed by atoms with Crippen molar-refractivity contribution in [1.82, 2.24) is 0 Å². The summed E-state index contributed by atoms with van der Waals surface area (Å²) < 4.78 is 144. The van der Waals surface area contributed by atoms with Crippen LogP contribution in [0.5, 0.6) is 0 Å². The Kier molecular flexibility index (Phi) is 15.6. The fourth-order valence-electron chi connectivity index (χ4n) is 7.37. The largest absolute Gasteiger partial charge is 0.481 e. The lowest BCUT2D eigenvalue weighted by molar-refractivity contribution is -0.137. The maximum Gasteiger partial charge on any atom is 0.303 e. The molecule has 0 aliphatic carbocycles. The van der Waals surface area contributed by atoms with E-state index in [0.717, 1.165) is 3.51 Å². The van der Waals surface area contributed by atoms with E-state index in [1.165, 1.54) is 37.4 Å². The second-order valence-electron chi connectivity index (χ2n) is 14.5. The van der Waals surface area contributed by atoms with Gasteiger partial charge in [0.1, 0.15) is 0 Å². The Morgan fingerprint density at radius 2 is 1.28 bits per heavy atom. The molecule has 2 unspecified atom stereocenters. The Hall–Kier alpha value is -2.81. The number of anilines is 2. The van der Waals surface area contributed by atoms with Crippen molar-refractivity contribution in [1.29, 1.82) is 0 Å². The van der Waals surface area contributed by atoms with Gasteiger partial charge in [0, 0.05) is 72.5 Å². The molecule has 0 aromatic heterocycles. The van der Waals surface area contributed by atoms with Crippen molar-refractivity contribution in [2.75, 3.05) is 46.3 Å². The summed E-state index contributed by atoms with van der Waals surface area (Å²) in [6, 6.07) is 8.33. The number of hydrogen-bond acceptors (Lipinski definition) is 12. The molecule has 17 nitrogen and oxygen atoms in total. The predicted octanol–water partition coefficient (Wildman–Crippen LogP) is 5.16. The summed E-state index contributed by atoms with van der Waals surface area (Å²) in [6.07, 6.45) is 7.00. The zero-order chi connectivity index (χ0) is 43.3. The zero-order valence-electron chi connectivity index (χ0n) is 32.1. The Morgan fingerprint density at radius 3 is 1.79 bits per heavy atom. The second kappa shape index (κ2) is 18.8. The van der Waals surface area contributed by atoms with Gasteiger partial charge < -0.3 is 17.9 Å². The van der Waals surface area contributed by atoms with Gasteiger partial charge in [0.25, 0.3) is 40.5 Å². The first-order valence-corrected chi connectivity index (χ1v) is 26.3. The van der Waals surface area contributed by atoms with Crippen LogP contribution in [0.3, 0.4) is 0 Å². The summed E-state index contributed by atoms with van der Waals surface area (Å²) >= 11 is -1.08. The molecule has 5 N–H and O–H groups in total. The van der Waals surface area contributed by atoms with Gasteiger partial charge in [0.2, 0.25) is 0 Å². The minimum Gasteiger partial charge on any atom is -0.481 e. The van der Waals surface area contributed by atoms with E-state index >= 15 is 0 Å². The molecular formula is C36H49IN2O15S4. The van der Waals surface area contributed by atoms with Crippen molar-refractivity contribution in [2.45, 2.75) is 85.8 Å². The highest BCUT2D eigenvalue weighted by atomic mass is 127. The van der Waals surface area contributed by atoms with Gasteiger partial charge >= 0.3 is 5.97 Å². The number of benzene rings is 2. The van der Waals surface area contributed by atoms with Crippen LogP contribution < -0.4 is 8.01 Å². The van der Waals surface area contributed by atoms with E-state index < -0.39 is 89.8 Å². The van der Waals surface area contributed by atoms with Crippen LogP contribution in [0.1, 0.15) is 76.3 Å². The number of aliphatic carboxylic acids is 1. The molecule has 2 atom stereocenters. The monoisotopic (exact) mass is 1000 g/mol. The number of halogens is 1. The summed E-state index contributed by atoms with van der Waals surface area (Å²) in [5.74, 6) is -2.08. The van der Waals surface area contributed by atoms with Gasteiger partial charge in [0.05, 0.1) is 34.4 Å². The molecule has 2 aliphatic heterocycles. The molecule has 2 aromatic rings. The summed E-state index contributed by atoms with van der Waals surface area (Å²) in [5.41, 5.74) is 0.725. The number of nitrogens with zero attached hydrogens (tertiary/aromatic N) is 2. The van der Waals surface area contributed by atoms with Gasteiger partial charge in [-0.2, -0.15) is 33.7 Å². The average Bonchev–Trinajstić information content (AvgIpc) is 3.32. The quantitative estimate of drug-likeness (QED) is 0.0468. The van der Waals surface area contributed by atoms with Gasteiger partial charge in [-0.05, 0) is 99.0 Å². The van der Waals surface area contributed by atoms with Gasteiger partial charge in [0.15, 0.2) is 0 Å². The van der Waals surface area contributed by atoms with Gasteiger partial charge in [-0.15, -0.1) is 0 Å². The normalized spacial score (nSPS) is 20.9. The molecule has 324 valence electrons. The SMILES string of the molecule is COCCN1I=C(/C=C/C=C2/N(CCCCCC(=O)O)c3ccc(S(=O)(=O)O)cc3C2(C)CCCS(=O)(=O)O)C(C)(CCCS(=O)(=O)O)c2cc(S(=O)(=O)O)ccc21. The highest BCUT2D eigenvalue weighted by molar-refractivity contribution is 14.2. The lowest BCUT2D eigenvalue weighted by Crippen LogP contribution is -2.38. The Labute approximate surface area is 350 Å². The first-order valence-electron chi connectivity index (χ1n) is 18.1. The number of rotatable bonds is 21. The number of carboxylic acids is 1. The standard InChI is InChI=1S/C36H49IN2O15S4/c1-35(17-8-22-55(42,43)44)29-25-27(58(51,52)53)14-16-31(29)39(20-21-54-3)37-32(35)10-7-11-33-36(2,18-9-23-56(45,46)47)28-24-26(57(48,49)50)13-15-30(28)38(33)19-6-4-5-12-34(40)41/h7,10-11,13-16,24-25H,4-6,8-9,12,17-23H2,1-3H3,(H,40,41)(H,42,43,44)(H,45,46,47)(H,48,49,50)(H,51,52,53)/b10-7+,33-11+. The van der Waals surface area contributed by atoms with Gasteiger partial charge in [-0.3, -0.25) is 23.0 Å². The molecular weight excluding hydrogens is 956 g/mol. The molecule has 58 heavy (non-hydrogen) atoms. The Bertz CT molecular complexity index is 2420. The highest BCUT2D eigenvalue weighted by Crippen LogP contribution is 2.52. The molecule has 0 saturated carbocycles. The number of methoxy groups -OCH3 is 1. The Morgan fingerprint density at radius 1 is 0.741 bits per heavy atom. The number of unbranched alkanes of at least 4 members (excludes halogenated alkanes) is 2. The zero-order valence-corrected chi connectivity index (χ0v) is 37.5. The van der Waals surface area contributed by atoms with Crippen LogP contribution in [0.25, 0.3) is 0 Å². The van der Waals surface area contributed by atoms with Crippen LogP contribution in [0.4, 0.5) is 11.4 Å². The summed E-state index contributed by atoms with van der Waals surface area (Å²) in [6.45, 7) is 4.68. The molecule has 2 heterocycles. The molecule has 0 amide bonds. The molecule has 2 aliphatic rings. The van der Waals surface area contributed by atoms with Crippen molar-refractivity contribution < 1.29 is 66.5 Å². The predicted molar refractivity (Wildman–Crippen MR) is 227 cm³/mol. The van der Waals surface area contributed by atoms with E-state index in [2.05, 4.69) is 0 Å². The molecule has 22 heteroatoms. The van der Waals surface area contributed by atoms with Crippen LogP contribution in [0.15, 0.2) is 70.1 Å². The fourth-order valence-corrected chi connectivity index (χ4v) is 12.6. The number of allylic oxidation sites excluding steroid dienone is 4. The fraction of sp³-hybridized carbons (Fsp3) is 0.500. The van der Waals surface area contributed by atoms with Crippen LogP contribution in [-0.2, 0) is 60.8 Å². The highest BCUT2D eigenvalue weighted by Gasteiger charge is 2.44. The smallest absolute Gasteiger partial charge is 0.303 e. The van der Waals surface area contributed by atoms with E-state index in [1.54, 1.807) is 25.1 Å². The number of carboxylic acid groups (broad SMARTS) is 1. The van der Waals surface area contributed by atoms with Crippen molar-refractivity contribution in [3.8, 4) is 0 Å². The van der Waals surface area contributed by atoms with Gasteiger partial charge in [-0.25, -0.2) is 0 Å². The second-order valence-corrected chi connectivity index (χ2v) is 23.3. The van der Waals surface area contributed by atoms with Crippen molar-refractivity contribution >= 4 is 82.3 Å². The number of hydrogen-bond donors (Lipinski definition) is 5. The van der Waals surface area contributed by atoms with E-state index in [4.69, 9.17) is 9.84 Å². The van der Waals surface area contributed by atoms with Crippen molar-refractivity contribution in [3.63, 3.8) is 0 Å². The lowest BCUT2D eigenvalue weighted by atomic mass is 9.75. The molecule has 4 rings (SSSR count). The molecule has 0 radical (unpaired) electrons. The summed E-state index contributed by atoms with van der Waals surface area (Å²) in [7, 11) is -16.5. The number of fused-ring (bicyclic) bond motifs is 2. The number of carbonyl (C=O) groups is 1. The van der Waals surface area contributed by atoms with E-state index in [9.17, 15) is 56.7 Å². The Balaban J connectivity index is 1.91. The van der Waals surface area contributed by atoms with Crippen LogP contribution in [-0.4, -0.2) is 105 Å². The van der Waals surface area contributed by atoms with Crippen molar-refractivity contribution in [3.05, 3.63) is 71.5 Å². The minimum atomic E-state index is -4.66.